The van der Waals surface area contributed by atoms with Gasteiger partial charge in [0, 0.05) is 12.4 Å². The SMILES string of the molecule is CCCCCCCCCCCCCCOS(=O)(=O)C(F)CCCCCCCCC.c1ccncc1. The monoisotopic (exact) mass is 515 g/mol. The standard InChI is InChI=1S/C24H49FO3S.C5H5N/c1-3-5-7-9-11-12-13-14-15-17-19-21-23-28-29(26,27)24(25)22-20-18-16-10-8-6-4-2;1-2-4-6-5-3-1/h24H,3-23H2,1-2H3;1-5H. The number of pyridine rings is 1. The molecule has 1 heterocycles. The van der Waals surface area contributed by atoms with Crippen LogP contribution in [0.25, 0.3) is 0 Å². The van der Waals surface area contributed by atoms with Gasteiger partial charge in [-0.3, -0.25) is 9.17 Å². The number of hydrogen-bond acceptors (Lipinski definition) is 4. The number of aromatic nitrogens is 1. The summed E-state index contributed by atoms with van der Waals surface area (Å²) in [6.45, 7) is 4.54. The minimum Gasteiger partial charge on any atom is -0.268 e. The van der Waals surface area contributed by atoms with E-state index in [2.05, 4.69) is 18.8 Å². The van der Waals surface area contributed by atoms with Crippen molar-refractivity contribution in [1.82, 2.24) is 4.98 Å². The molecule has 6 heteroatoms. The Morgan fingerprint density at radius 3 is 1.40 bits per heavy atom. The average molecular weight is 516 g/mol. The molecule has 1 atom stereocenters. The highest BCUT2D eigenvalue weighted by Crippen LogP contribution is 2.17. The van der Waals surface area contributed by atoms with E-state index in [0.29, 0.717) is 12.8 Å². The number of unbranched alkanes of at least 4 members (excludes halogenated alkanes) is 17. The van der Waals surface area contributed by atoms with E-state index in [0.717, 1.165) is 32.1 Å². The normalized spacial score (nSPS) is 12.2. The van der Waals surface area contributed by atoms with Crippen LogP contribution in [0.4, 0.5) is 4.39 Å². The number of nitrogens with zero attached hydrogens (tertiary/aromatic N) is 1. The molecule has 0 amide bonds. The van der Waals surface area contributed by atoms with Crippen LogP contribution in [0.3, 0.4) is 0 Å². The molecule has 0 N–H and O–H groups in total. The van der Waals surface area contributed by atoms with Gasteiger partial charge in [0.15, 0.2) is 0 Å². The Hall–Kier alpha value is -1.01. The molecule has 0 spiro atoms. The zero-order valence-electron chi connectivity index (χ0n) is 22.8. The second-order valence-corrected chi connectivity index (χ2v) is 11.3. The molecular formula is C29H54FNO3S. The quantitative estimate of drug-likeness (QED) is 0.107. The van der Waals surface area contributed by atoms with E-state index >= 15 is 0 Å². The van der Waals surface area contributed by atoms with Crippen molar-refractivity contribution >= 4 is 10.1 Å². The largest absolute Gasteiger partial charge is 0.299 e. The van der Waals surface area contributed by atoms with Gasteiger partial charge in [-0.05, 0) is 31.4 Å². The fourth-order valence-corrected chi connectivity index (χ4v) is 4.86. The third kappa shape index (κ3) is 24.5. The summed E-state index contributed by atoms with van der Waals surface area (Å²) in [4.78, 5) is 3.78. The molecule has 0 aliphatic heterocycles. The van der Waals surface area contributed by atoms with Gasteiger partial charge in [0.2, 0.25) is 5.50 Å². The topological polar surface area (TPSA) is 56.3 Å². The maximum absolute atomic E-state index is 13.9. The molecular weight excluding hydrogens is 461 g/mol. The maximum atomic E-state index is 13.9. The van der Waals surface area contributed by atoms with E-state index in [1.807, 2.05) is 18.2 Å². The minimum absolute atomic E-state index is 0.0640. The van der Waals surface area contributed by atoms with E-state index < -0.39 is 15.6 Å². The van der Waals surface area contributed by atoms with Crippen LogP contribution < -0.4 is 0 Å². The van der Waals surface area contributed by atoms with Gasteiger partial charge in [0.05, 0.1) is 6.61 Å². The summed E-state index contributed by atoms with van der Waals surface area (Å²) < 4.78 is 42.5. The van der Waals surface area contributed by atoms with Crippen molar-refractivity contribution in [2.24, 2.45) is 0 Å². The lowest BCUT2D eigenvalue weighted by Crippen LogP contribution is -2.19. The van der Waals surface area contributed by atoms with Crippen molar-refractivity contribution in [2.75, 3.05) is 6.61 Å². The van der Waals surface area contributed by atoms with E-state index in [1.54, 1.807) is 12.4 Å². The van der Waals surface area contributed by atoms with Crippen LogP contribution in [-0.2, 0) is 14.3 Å². The highest BCUT2D eigenvalue weighted by atomic mass is 32.2. The zero-order valence-corrected chi connectivity index (χ0v) is 23.6. The predicted octanol–water partition coefficient (Wildman–Crippen LogP) is 9.55. The van der Waals surface area contributed by atoms with E-state index in [4.69, 9.17) is 4.18 Å². The molecule has 206 valence electrons. The third-order valence-corrected chi connectivity index (χ3v) is 7.52. The van der Waals surface area contributed by atoms with Gasteiger partial charge in [0.25, 0.3) is 10.1 Å². The first kappa shape index (κ1) is 34.0. The Kier molecular flexibility index (Phi) is 25.3. The molecule has 35 heavy (non-hydrogen) atoms. The van der Waals surface area contributed by atoms with Crippen LogP contribution in [-0.4, -0.2) is 25.5 Å². The van der Waals surface area contributed by atoms with Crippen molar-refractivity contribution in [2.45, 2.75) is 148 Å². The average Bonchev–Trinajstić information content (AvgIpc) is 2.87. The van der Waals surface area contributed by atoms with Crippen LogP contribution in [0.1, 0.15) is 142 Å². The molecule has 0 saturated heterocycles. The summed E-state index contributed by atoms with van der Waals surface area (Å²) in [5.41, 5.74) is -1.87. The number of rotatable bonds is 23. The second kappa shape index (κ2) is 26.1. The summed E-state index contributed by atoms with van der Waals surface area (Å²) >= 11 is 0. The van der Waals surface area contributed by atoms with Crippen LogP contribution in [0.15, 0.2) is 30.6 Å². The Bertz CT molecular complexity index is 601. The molecule has 1 aromatic rings. The van der Waals surface area contributed by atoms with Gasteiger partial charge in [-0.25, -0.2) is 4.39 Å². The second-order valence-electron chi connectivity index (χ2n) is 9.55. The van der Waals surface area contributed by atoms with Gasteiger partial charge in [-0.2, -0.15) is 8.42 Å². The summed E-state index contributed by atoms with van der Waals surface area (Å²) in [7, 11) is -4.04. The molecule has 0 aliphatic rings. The smallest absolute Gasteiger partial charge is 0.268 e. The Morgan fingerprint density at radius 2 is 1.03 bits per heavy atom. The van der Waals surface area contributed by atoms with Crippen molar-refractivity contribution < 1.29 is 17.0 Å². The highest BCUT2D eigenvalue weighted by Gasteiger charge is 2.25. The molecule has 0 aromatic carbocycles. The Labute approximate surface area is 217 Å². The van der Waals surface area contributed by atoms with Gasteiger partial charge in [0.1, 0.15) is 0 Å². The fourth-order valence-electron chi connectivity index (χ4n) is 3.91. The lowest BCUT2D eigenvalue weighted by Gasteiger charge is -2.10. The number of hydrogen-bond donors (Lipinski definition) is 0. The molecule has 1 unspecified atom stereocenters. The van der Waals surface area contributed by atoms with Crippen LogP contribution in [0, 0.1) is 0 Å². The maximum Gasteiger partial charge on any atom is 0.299 e. The predicted molar refractivity (Wildman–Crippen MR) is 148 cm³/mol. The van der Waals surface area contributed by atoms with E-state index in [-0.39, 0.29) is 13.0 Å². The van der Waals surface area contributed by atoms with Gasteiger partial charge < -0.3 is 0 Å². The Morgan fingerprint density at radius 1 is 0.629 bits per heavy atom. The van der Waals surface area contributed by atoms with Crippen LogP contribution in [0.2, 0.25) is 0 Å². The highest BCUT2D eigenvalue weighted by molar-refractivity contribution is 7.87. The summed E-state index contributed by atoms with van der Waals surface area (Å²) in [6, 6.07) is 5.72. The van der Waals surface area contributed by atoms with Crippen molar-refractivity contribution in [3.05, 3.63) is 30.6 Å². The first-order valence-electron chi connectivity index (χ1n) is 14.4. The van der Waals surface area contributed by atoms with Gasteiger partial charge >= 0.3 is 0 Å². The number of halogens is 1. The molecule has 1 aromatic heterocycles. The molecule has 0 radical (unpaired) electrons. The van der Waals surface area contributed by atoms with Crippen molar-refractivity contribution in [1.29, 1.82) is 0 Å². The van der Waals surface area contributed by atoms with Crippen LogP contribution >= 0.6 is 0 Å². The zero-order chi connectivity index (χ0) is 25.9. The molecule has 0 saturated carbocycles. The number of alkyl halides is 1. The summed E-state index contributed by atoms with van der Waals surface area (Å²) in [5, 5.41) is 0. The van der Waals surface area contributed by atoms with Gasteiger partial charge in [-0.15, -0.1) is 0 Å². The lowest BCUT2D eigenvalue weighted by atomic mass is 10.1. The first-order chi connectivity index (χ1) is 17.0. The van der Waals surface area contributed by atoms with Crippen LogP contribution in [0.5, 0.6) is 0 Å². The summed E-state index contributed by atoms with van der Waals surface area (Å²) in [6.07, 6.45) is 25.6. The lowest BCUT2D eigenvalue weighted by molar-refractivity contribution is 0.270. The Balaban J connectivity index is 0.00000166. The first-order valence-corrected chi connectivity index (χ1v) is 15.9. The van der Waals surface area contributed by atoms with E-state index in [9.17, 15) is 12.8 Å². The van der Waals surface area contributed by atoms with Crippen molar-refractivity contribution in [3.63, 3.8) is 0 Å². The molecule has 0 bridgehead atoms. The van der Waals surface area contributed by atoms with Crippen molar-refractivity contribution in [3.8, 4) is 0 Å². The third-order valence-electron chi connectivity index (χ3n) is 6.16. The summed E-state index contributed by atoms with van der Waals surface area (Å²) in [5.74, 6) is 0. The molecule has 0 fully saturated rings. The fraction of sp³-hybridized carbons (Fsp3) is 0.828. The van der Waals surface area contributed by atoms with Gasteiger partial charge in [-0.1, -0.05) is 129 Å². The minimum atomic E-state index is -4.04. The molecule has 4 nitrogen and oxygen atoms in total. The van der Waals surface area contributed by atoms with E-state index in [1.165, 1.54) is 77.0 Å². The molecule has 0 aliphatic carbocycles. The molecule has 1 rings (SSSR count).